The molecule has 0 aliphatic rings. The molecule has 20 heavy (non-hydrogen) atoms. The third-order valence-electron chi connectivity index (χ3n) is 3.23. The van der Waals surface area contributed by atoms with E-state index >= 15 is 0 Å². The predicted molar refractivity (Wildman–Crippen MR) is 76.4 cm³/mol. The average molecular weight is 294 g/mol. The first-order chi connectivity index (χ1) is 9.37. The second-order valence-corrected chi connectivity index (χ2v) is 5.06. The van der Waals surface area contributed by atoms with E-state index < -0.39 is 30.7 Å². The number of hydrogen-bond donors (Lipinski definition) is 5. The molecule has 0 saturated carbocycles. The highest BCUT2D eigenvalue weighted by molar-refractivity contribution is 5.66. The number of rotatable bonds is 10. The van der Waals surface area contributed by atoms with Crippen LogP contribution in [0.2, 0.25) is 0 Å². The van der Waals surface area contributed by atoms with Crippen LogP contribution in [0.25, 0.3) is 0 Å². The highest BCUT2D eigenvalue weighted by Gasteiger charge is 2.31. The van der Waals surface area contributed by atoms with Crippen molar-refractivity contribution >= 4 is 5.97 Å². The van der Waals surface area contributed by atoms with Crippen LogP contribution in [0, 0.1) is 5.92 Å². The van der Waals surface area contributed by atoms with Crippen molar-refractivity contribution in [1.29, 1.82) is 0 Å². The van der Waals surface area contributed by atoms with Gasteiger partial charge in [0.1, 0.15) is 5.60 Å². The zero-order chi connectivity index (χ0) is 16.0. The minimum Gasteiger partial charge on any atom is -0.481 e. The third-order valence-corrected chi connectivity index (χ3v) is 3.23. The Balaban J connectivity index is 0. The molecule has 122 valence electrons. The summed E-state index contributed by atoms with van der Waals surface area (Å²) in [5.74, 6) is -1.18. The first-order valence-electron chi connectivity index (χ1n) is 7.14. The van der Waals surface area contributed by atoms with Crippen molar-refractivity contribution in [3.05, 3.63) is 0 Å². The van der Waals surface area contributed by atoms with Crippen LogP contribution < -0.4 is 0 Å². The van der Waals surface area contributed by atoms with Crippen molar-refractivity contribution in [2.75, 3.05) is 19.8 Å². The number of aliphatic hydroxyl groups excluding tert-OH is 3. The Morgan fingerprint density at radius 1 is 1.05 bits per heavy atom. The maximum Gasteiger partial charge on any atom is 0.303 e. The summed E-state index contributed by atoms with van der Waals surface area (Å²) in [6, 6.07) is 0. The van der Waals surface area contributed by atoms with Crippen LogP contribution in [-0.2, 0) is 4.79 Å². The molecule has 0 aliphatic carbocycles. The second kappa shape index (κ2) is 13.3. The summed E-state index contributed by atoms with van der Waals surface area (Å²) < 4.78 is 0. The lowest BCUT2D eigenvalue weighted by Gasteiger charge is -2.28. The molecule has 1 atom stereocenters. The molecule has 0 rings (SSSR count). The summed E-state index contributed by atoms with van der Waals surface area (Å²) in [6.45, 7) is 2.37. The number of carboxylic acid groups (broad SMARTS) is 1. The van der Waals surface area contributed by atoms with Gasteiger partial charge in [-0.15, -0.1) is 0 Å². The lowest BCUT2D eigenvalue weighted by atomic mass is 9.91. The number of unbranched alkanes of at least 4 members (excludes halogenated alkanes) is 4. The van der Waals surface area contributed by atoms with Crippen molar-refractivity contribution < 1.29 is 30.3 Å². The number of hydrogen-bond acceptors (Lipinski definition) is 5. The second-order valence-electron chi connectivity index (χ2n) is 5.06. The molecule has 6 heteroatoms. The van der Waals surface area contributed by atoms with Crippen LogP contribution in [0.5, 0.6) is 0 Å². The SMILES string of the molecule is CC(CO)C(O)(CO)CO.CCCCCCCC(=O)O. The zero-order valence-corrected chi connectivity index (χ0v) is 12.6. The molecule has 1 unspecified atom stereocenters. The zero-order valence-electron chi connectivity index (χ0n) is 12.6. The summed E-state index contributed by atoms with van der Waals surface area (Å²) in [5.41, 5.74) is -1.55. The van der Waals surface area contributed by atoms with Gasteiger partial charge in [0.15, 0.2) is 0 Å². The monoisotopic (exact) mass is 294 g/mol. The summed E-state index contributed by atoms with van der Waals surface area (Å²) >= 11 is 0. The highest BCUT2D eigenvalue weighted by atomic mass is 16.4. The van der Waals surface area contributed by atoms with Gasteiger partial charge in [0.25, 0.3) is 0 Å². The van der Waals surface area contributed by atoms with Gasteiger partial charge in [-0.3, -0.25) is 4.79 Å². The summed E-state index contributed by atoms with van der Waals surface area (Å²) in [5, 5.41) is 43.2. The largest absolute Gasteiger partial charge is 0.481 e. The first kappa shape index (κ1) is 21.6. The summed E-state index contributed by atoms with van der Waals surface area (Å²) in [7, 11) is 0. The molecule has 0 aromatic rings. The van der Waals surface area contributed by atoms with E-state index in [-0.39, 0.29) is 6.61 Å². The normalized spacial score (nSPS) is 12.5. The molecule has 0 aliphatic heterocycles. The number of carboxylic acids is 1. The Labute approximate surface area is 121 Å². The molecule has 0 heterocycles. The molecule has 0 bridgehead atoms. The summed E-state index contributed by atoms with van der Waals surface area (Å²) in [4.78, 5) is 10.0. The molecule has 0 spiro atoms. The van der Waals surface area contributed by atoms with E-state index in [0.29, 0.717) is 6.42 Å². The Hall–Kier alpha value is -0.690. The van der Waals surface area contributed by atoms with E-state index in [1.54, 1.807) is 6.92 Å². The van der Waals surface area contributed by atoms with Crippen molar-refractivity contribution in [2.24, 2.45) is 5.92 Å². The van der Waals surface area contributed by atoms with Gasteiger partial charge < -0.3 is 25.5 Å². The van der Waals surface area contributed by atoms with Crippen molar-refractivity contribution in [1.82, 2.24) is 0 Å². The molecular weight excluding hydrogens is 264 g/mol. The lowest BCUT2D eigenvalue weighted by Crippen LogP contribution is -2.45. The van der Waals surface area contributed by atoms with E-state index in [4.69, 9.17) is 20.4 Å². The average Bonchev–Trinajstić information content (AvgIpc) is 2.45. The number of aliphatic carboxylic acids is 1. The van der Waals surface area contributed by atoms with Gasteiger partial charge in [-0.2, -0.15) is 0 Å². The van der Waals surface area contributed by atoms with E-state index in [1.807, 2.05) is 0 Å². The fourth-order valence-corrected chi connectivity index (χ4v) is 1.41. The Morgan fingerprint density at radius 3 is 1.85 bits per heavy atom. The Bertz CT molecular complexity index is 228. The lowest BCUT2D eigenvalue weighted by molar-refractivity contribution is -0.137. The molecule has 0 aromatic carbocycles. The van der Waals surface area contributed by atoms with E-state index in [2.05, 4.69) is 6.92 Å². The van der Waals surface area contributed by atoms with Gasteiger partial charge in [0.2, 0.25) is 0 Å². The molecule has 6 nitrogen and oxygen atoms in total. The van der Waals surface area contributed by atoms with Gasteiger partial charge >= 0.3 is 5.97 Å². The number of carbonyl (C=O) groups is 1. The van der Waals surface area contributed by atoms with Gasteiger partial charge in [-0.05, 0) is 6.42 Å². The Morgan fingerprint density at radius 2 is 1.55 bits per heavy atom. The van der Waals surface area contributed by atoms with Crippen LogP contribution >= 0.6 is 0 Å². The minimum atomic E-state index is -1.55. The van der Waals surface area contributed by atoms with Crippen LogP contribution in [0.4, 0.5) is 0 Å². The van der Waals surface area contributed by atoms with Gasteiger partial charge in [-0.25, -0.2) is 0 Å². The smallest absolute Gasteiger partial charge is 0.303 e. The van der Waals surface area contributed by atoms with E-state index in [0.717, 1.165) is 12.8 Å². The van der Waals surface area contributed by atoms with E-state index in [9.17, 15) is 9.90 Å². The standard InChI is InChI=1S/C8H16O2.C6H14O4/c1-2-3-4-5-6-7-8(9)10;1-5(2-7)6(10,3-8)4-9/h2-7H2,1H3,(H,9,10);5,7-10H,2-4H2,1H3. The molecule has 0 radical (unpaired) electrons. The molecule has 0 amide bonds. The number of aliphatic hydroxyl groups is 4. The van der Waals surface area contributed by atoms with Crippen LogP contribution in [-0.4, -0.2) is 56.9 Å². The predicted octanol–water partition coefficient (Wildman–Crippen LogP) is 0.762. The molecule has 0 aromatic heterocycles. The van der Waals surface area contributed by atoms with Crippen LogP contribution in [0.1, 0.15) is 52.4 Å². The fourth-order valence-electron chi connectivity index (χ4n) is 1.41. The molecule has 0 saturated heterocycles. The van der Waals surface area contributed by atoms with E-state index in [1.165, 1.54) is 19.3 Å². The molecule has 5 N–H and O–H groups in total. The van der Waals surface area contributed by atoms with Crippen molar-refractivity contribution in [2.45, 2.75) is 58.0 Å². The summed E-state index contributed by atoms with van der Waals surface area (Å²) in [6.07, 6.45) is 5.88. The van der Waals surface area contributed by atoms with Gasteiger partial charge in [-0.1, -0.05) is 39.5 Å². The molecule has 0 fully saturated rings. The van der Waals surface area contributed by atoms with Crippen molar-refractivity contribution in [3.63, 3.8) is 0 Å². The minimum absolute atomic E-state index is 0.252. The molecular formula is C14H30O6. The topological polar surface area (TPSA) is 118 Å². The Kier molecular flexibility index (Phi) is 14.4. The first-order valence-corrected chi connectivity index (χ1v) is 7.14. The van der Waals surface area contributed by atoms with Gasteiger partial charge in [0, 0.05) is 18.9 Å². The third kappa shape index (κ3) is 11.2. The van der Waals surface area contributed by atoms with Crippen LogP contribution in [0.3, 0.4) is 0 Å². The van der Waals surface area contributed by atoms with Gasteiger partial charge in [0.05, 0.1) is 13.2 Å². The fraction of sp³-hybridized carbons (Fsp3) is 0.929. The maximum atomic E-state index is 10.0. The maximum absolute atomic E-state index is 10.0. The highest BCUT2D eigenvalue weighted by Crippen LogP contribution is 2.14. The van der Waals surface area contributed by atoms with Crippen molar-refractivity contribution in [3.8, 4) is 0 Å². The quantitative estimate of drug-likeness (QED) is 0.380. The van der Waals surface area contributed by atoms with Crippen LogP contribution in [0.15, 0.2) is 0 Å².